The molecule has 0 aliphatic rings. The minimum Gasteiger partial charge on any atom is -0.377 e. The largest absolute Gasteiger partial charge is 0.377 e. The molecular weight excluding hydrogens is 233 g/mol. The lowest BCUT2D eigenvalue weighted by atomic mass is 10.1. The van der Waals surface area contributed by atoms with Crippen LogP contribution in [0.3, 0.4) is 0 Å². The van der Waals surface area contributed by atoms with Crippen molar-refractivity contribution in [3.63, 3.8) is 0 Å². The molecular formula is C13H14FN3O. The second-order valence-corrected chi connectivity index (χ2v) is 3.74. The van der Waals surface area contributed by atoms with Crippen LogP contribution in [0.5, 0.6) is 0 Å². The molecule has 1 N–H and O–H groups in total. The van der Waals surface area contributed by atoms with Crippen molar-refractivity contribution < 1.29 is 9.13 Å². The lowest BCUT2D eigenvalue weighted by Gasteiger charge is -2.07. The Bertz CT molecular complexity index is 528. The summed E-state index contributed by atoms with van der Waals surface area (Å²) < 4.78 is 17.9. The van der Waals surface area contributed by atoms with Gasteiger partial charge in [-0.2, -0.15) is 0 Å². The monoisotopic (exact) mass is 247 g/mol. The van der Waals surface area contributed by atoms with Crippen molar-refractivity contribution in [2.75, 3.05) is 19.5 Å². The first-order chi connectivity index (χ1) is 8.72. The molecule has 18 heavy (non-hydrogen) atoms. The second-order valence-electron chi connectivity index (χ2n) is 3.74. The predicted molar refractivity (Wildman–Crippen MR) is 67.7 cm³/mol. The van der Waals surface area contributed by atoms with E-state index in [0.29, 0.717) is 18.2 Å². The zero-order chi connectivity index (χ0) is 13.0. The molecule has 0 fully saturated rings. The average Bonchev–Trinajstić information content (AvgIpc) is 2.39. The molecule has 2 rings (SSSR count). The Hall–Kier alpha value is -2.01. The summed E-state index contributed by atoms with van der Waals surface area (Å²) in [4.78, 5) is 8.64. The number of anilines is 1. The molecule has 0 radical (unpaired) electrons. The van der Waals surface area contributed by atoms with Gasteiger partial charge in [-0.05, 0) is 24.3 Å². The van der Waals surface area contributed by atoms with Gasteiger partial charge in [0.1, 0.15) is 18.2 Å². The summed E-state index contributed by atoms with van der Waals surface area (Å²) >= 11 is 0. The maximum atomic E-state index is 12.9. The van der Waals surface area contributed by atoms with Gasteiger partial charge in [-0.1, -0.05) is 0 Å². The van der Waals surface area contributed by atoms with E-state index in [1.165, 1.54) is 12.1 Å². The van der Waals surface area contributed by atoms with Crippen LogP contribution in [-0.4, -0.2) is 24.1 Å². The molecule has 0 atom stereocenters. The fourth-order valence-corrected chi connectivity index (χ4v) is 1.59. The van der Waals surface area contributed by atoms with Crippen LogP contribution in [0.1, 0.15) is 5.82 Å². The first kappa shape index (κ1) is 12.4. The number of nitrogens with zero attached hydrogens (tertiary/aromatic N) is 2. The lowest BCUT2D eigenvalue weighted by Crippen LogP contribution is -2.02. The van der Waals surface area contributed by atoms with Crippen molar-refractivity contribution in [3.8, 4) is 11.3 Å². The highest BCUT2D eigenvalue weighted by molar-refractivity contribution is 5.62. The summed E-state index contributed by atoms with van der Waals surface area (Å²) in [6.45, 7) is 0.337. The van der Waals surface area contributed by atoms with Crippen molar-refractivity contribution >= 4 is 5.82 Å². The fourth-order valence-electron chi connectivity index (χ4n) is 1.59. The molecule has 1 aromatic carbocycles. The van der Waals surface area contributed by atoms with E-state index in [2.05, 4.69) is 15.3 Å². The zero-order valence-corrected chi connectivity index (χ0v) is 10.3. The average molecular weight is 247 g/mol. The summed E-state index contributed by atoms with van der Waals surface area (Å²) in [5, 5.41) is 2.97. The molecule has 0 saturated carbocycles. The Kier molecular flexibility index (Phi) is 3.84. The molecule has 0 aliphatic heterocycles. The fraction of sp³-hybridized carbons (Fsp3) is 0.231. The molecule has 1 heterocycles. The maximum absolute atomic E-state index is 12.9. The minimum atomic E-state index is -0.265. The summed E-state index contributed by atoms with van der Waals surface area (Å²) in [7, 11) is 3.38. The Balaban J connectivity index is 2.42. The molecule has 0 amide bonds. The van der Waals surface area contributed by atoms with Gasteiger partial charge in [0.05, 0.1) is 5.69 Å². The number of hydrogen-bond donors (Lipinski definition) is 1. The van der Waals surface area contributed by atoms with E-state index in [9.17, 15) is 4.39 Å². The molecule has 94 valence electrons. The molecule has 4 nitrogen and oxygen atoms in total. The van der Waals surface area contributed by atoms with Gasteiger partial charge in [0.25, 0.3) is 0 Å². The molecule has 0 saturated heterocycles. The van der Waals surface area contributed by atoms with Crippen molar-refractivity contribution in [1.29, 1.82) is 0 Å². The van der Waals surface area contributed by atoms with Crippen LogP contribution in [0.25, 0.3) is 11.3 Å². The number of nitrogens with one attached hydrogen (secondary N) is 1. The number of aromatic nitrogens is 2. The van der Waals surface area contributed by atoms with E-state index in [1.807, 2.05) is 6.07 Å². The predicted octanol–water partition coefficient (Wildman–Crippen LogP) is 2.47. The summed E-state index contributed by atoms with van der Waals surface area (Å²) in [5.41, 5.74) is 1.58. The highest BCUT2D eigenvalue weighted by Crippen LogP contribution is 2.20. The normalized spacial score (nSPS) is 10.4. The third kappa shape index (κ3) is 2.81. The Morgan fingerprint density at radius 2 is 1.94 bits per heavy atom. The van der Waals surface area contributed by atoms with Gasteiger partial charge in [-0.15, -0.1) is 0 Å². The van der Waals surface area contributed by atoms with Crippen LogP contribution in [0.15, 0.2) is 30.3 Å². The van der Waals surface area contributed by atoms with Crippen molar-refractivity contribution in [2.24, 2.45) is 0 Å². The maximum Gasteiger partial charge on any atom is 0.157 e. The van der Waals surface area contributed by atoms with Crippen LogP contribution in [0.2, 0.25) is 0 Å². The number of benzene rings is 1. The molecule has 0 unspecified atom stereocenters. The first-order valence-electron chi connectivity index (χ1n) is 5.53. The van der Waals surface area contributed by atoms with Crippen LogP contribution in [0, 0.1) is 5.82 Å². The Morgan fingerprint density at radius 1 is 1.22 bits per heavy atom. The van der Waals surface area contributed by atoms with E-state index < -0.39 is 0 Å². The molecule has 5 heteroatoms. The number of halogens is 1. The molecule has 2 aromatic rings. The van der Waals surface area contributed by atoms with E-state index in [1.54, 1.807) is 26.3 Å². The lowest BCUT2D eigenvalue weighted by molar-refractivity contribution is 0.178. The number of hydrogen-bond acceptors (Lipinski definition) is 4. The quantitative estimate of drug-likeness (QED) is 0.901. The van der Waals surface area contributed by atoms with Crippen LogP contribution >= 0.6 is 0 Å². The summed E-state index contributed by atoms with van der Waals surface area (Å²) in [5.74, 6) is 1.03. The zero-order valence-electron chi connectivity index (χ0n) is 10.3. The SMILES string of the molecule is CNc1cc(-c2ccc(F)cc2)nc(COC)n1. The van der Waals surface area contributed by atoms with Gasteiger partial charge < -0.3 is 10.1 Å². The van der Waals surface area contributed by atoms with E-state index in [-0.39, 0.29) is 5.82 Å². The van der Waals surface area contributed by atoms with Gasteiger partial charge >= 0.3 is 0 Å². The third-order valence-electron chi connectivity index (χ3n) is 2.44. The summed E-state index contributed by atoms with van der Waals surface area (Å²) in [6, 6.07) is 8.01. The second kappa shape index (κ2) is 5.55. The van der Waals surface area contributed by atoms with Gasteiger partial charge in [0.2, 0.25) is 0 Å². The Labute approximate surface area is 105 Å². The smallest absolute Gasteiger partial charge is 0.157 e. The van der Waals surface area contributed by atoms with Gasteiger partial charge in [0.15, 0.2) is 5.82 Å². The minimum absolute atomic E-state index is 0.265. The van der Waals surface area contributed by atoms with E-state index in [0.717, 1.165) is 11.3 Å². The Morgan fingerprint density at radius 3 is 2.56 bits per heavy atom. The van der Waals surface area contributed by atoms with Crippen molar-refractivity contribution in [1.82, 2.24) is 9.97 Å². The van der Waals surface area contributed by atoms with Gasteiger partial charge in [-0.25, -0.2) is 14.4 Å². The number of rotatable bonds is 4. The van der Waals surface area contributed by atoms with Crippen LogP contribution in [0.4, 0.5) is 10.2 Å². The van der Waals surface area contributed by atoms with Gasteiger partial charge in [-0.3, -0.25) is 0 Å². The summed E-state index contributed by atoms with van der Waals surface area (Å²) in [6.07, 6.45) is 0. The van der Waals surface area contributed by atoms with Crippen molar-refractivity contribution in [3.05, 3.63) is 42.0 Å². The van der Waals surface area contributed by atoms with E-state index in [4.69, 9.17) is 4.74 Å². The number of ether oxygens (including phenoxy) is 1. The highest BCUT2D eigenvalue weighted by Gasteiger charge is 2.06. The molecule has 0 spiro atoms. The third-order valence-corrected chi connectivity index (χ3v) is 2.44. The molecule has 0 aliphatic carbocycles. The standard InChI is InChI=1S/C13H14FN3O/c1-15-12-7-11(16-13(17-12)8-18-2)9-3-5-10(14)6-4-9/h3-7H,8H2,1-2H3,(H,15,16,17). The first-order valence-corrected chi connectivity index (χ1v) is 5.53. The molecule has 1 aromatic heterocycles. The number of methoxy groups -OCH3 is 1. The highest BCUT2D eigenvalue weighted by atomic mass is 19.1. The van der Waals surface area contributed by atoms with Crippen LogP contribution in [-0.2, 0) is 11.3 Å². The topological polar surface area (TPSA) is 47.0 Å². The van der Waals surface area contributed by atoms with E-state index >= 15 is 0 Å². The molecule has 0 bridgehead atoms. The van der Waals surface area contributed by atoms with Crippen molar-refractivity contribution in [2.45, 2.75) is 6.61 Å². The van der Waals surface area contributed by atoms with Crippen LogP contribution < -0.4 is 5.32 Å². The van der Waals surface area contributed by atoms with Gasteiger partial charge in [0, 0.05) is 25.8 Å².